The number of esters is 1. The highest BCUT2D eigenvalue weighted by Gasteiger charge is 2.26. The molecule has 0 saturated carbocycles. The number of carbonyl (C=O) groups is 1. The number of ether oxygens (including phenoxy) is 2. The van der Waals surface area contributed by atoms with Crippen LogP contribution >= 0.6 is 7.82 Å². The molecule has 3 unspecified atom stereocenters. The third kappa shape index (κ3) is 42.5. The molecule has 0 aliphatic carbocycles. The van der Waals surface area contributed by atoms with E-state index < -0.39 is 33.2 Å². The molecule has 0 amide bonds. The highest BCUT2D eigenvalue weighted by Crippen LogP contribution is 2.43. The Labute approximate surface area is 344 Å². The molecule has 0 radical (unpaired) electrons. The van der Waals surface area contributed by atoms with Crippen molar-refractivity contribution in [2.75, 3.05) is 33.0 Å². The molecule has 9 nitrogen and oxygen atoms in total. The van der Waals surface area contributed by atoms with Crippen LogP contribution in [0.3, 0.4) is 0 Å². The standard InChI is InChI=1S/C46H89O9P/c1-3-5-7-9-11-13-15-17-19-21-22-24-26-28-30-32-34-36-38-46(49)55-45(43-54-56(50,51)53-41-44(48)40-47)42-52-39-37-35-33-31-29-27-25-23-20-18-16-14-12-10-8-6-4-2/h13,15,19,21,44-45,47-48H,3-12,14,16-18,20,22-43H2,1-2H3,(H,50,51)/b15-13-,21-19-. The van der Waals surface area contributed by atoms with Gasteiger partial charge < -0.3 is 24.6 Å². The number of unbranched alkanes of at least 4 members (excludes halogenated alkanes) is 27. The second-order valence-corrected chi connectivity index (χ2v) is 17.2. The molecule has 0 saturated heterocycles. The first-order chi connectivity index (χ1) is 27.3. The number of aliphatic hydroxyl groups is 2. The molecule has 56 heavy (non-hydrogen) atoms. The summed E-state index contributed by atoms with van der Waals surface area (Å²) in [5.41, 5.74) is 0. The van der Waals surface area contributed by atoms with Crippen LogP contribution < -0.4 is 0 Å². The molecule has 0 heterocycles. The average molecular weight is 817 g/mol. The molecule has 3 N–H and O–H groups in total. The van der Waals surface area contributed by atoms with E-state index in [-0.39, 0.29) is 25.6 Å². The molecule has 0 aliphatic rings. The van der Waals surface area contributed by atoms with E-state index in [1.165, 1.54) is 148 Å². The monoisotopic (exact) mass is 817 g/mol. The first-order valence-corrected chi connectivity index (χ1v) is 24.8. The third-order valence-electron chi connectivity index (χ3n) is 10.1. The Morgan fingerprint density at radius 3 is 1.45 bits per heavy atom. The highest BCUT2D eigenvalue weighted by molar-refractivity contribution is 7.47. The third-order valence-corrected chi connectivity index (χ3v) is 11.1. The second-order valence-electron chi connectivity index (χ2n) is 15.8. The van der Waals surface area contributed by atoms with Crippen LogP contribution in [-0.4, -0.2) is 66.3 Å². The van der Waals surface area contributed by atoms with Crippen molar-refractivity contribution in [1.29, 1.82) is 0 Å². The average Bonchev–Trinajstić information content (AvgIpc) is 3.19. The first kappa shape index (κ1) is 54.9. The SMILES string of the molecule is CCCCCC/C=C\C/C=C\CCCCCCCCCC(=O)OC(COCCCCCCCCCCCCCCCCCCC)COP(=O)(O)OCC(O)CO. The maximum absolute atomic E-state index is 12.6. The number of rotatable bonds is 45. The summed E-state index contributed by atoms with van der Waals surface area (Å²) in [5.74, 6) is -0.387. The number of allylic oxidation sites excluding steroid dienone is 4. The van der Waals surface area contributed by atoms with Crippen LogP contribution in [0.15, 0.2) is 24.3 Å². The Balaban J connectivity index is 4.12. The Morgan fingerprint density at radius 2 is 0.964 bits per heavy atom. The van der Waals surface area contributed by atoms with Crippen molar-refractivity contribution < 1.29 is 43.0 Å². The maximum atomic E-state index is 12.6. The van der Waals surface area contributed by atoms with Crippen LogP contribution in [0.25, 0.3) is 0 Å². The zero-order valence-corrected chi connectivity index (χ0v) is 37.3. The fourth-order valence-electron chi connectivity index (χ4n) is 6.56. The maximum Gasteiger partial charge on any atom is 0.472 e. The van der Waals surface area contributed by atoms with Crippen molar-refractivity contribution in [3.8, 4) is 0 Å². The molecule has 0 aliphatic heterocycles. The molecule has 0 aromatic heterocycles. The lowest BCUT2D eigenvalue weighted by molar-refractivity contribution is -0.154. The van der Waals surface area contributed by atoms with Crippen molar-refractivity contribution in [2.24, 2.45) is 0 Å². The summed E-state index contributed by atoms with van der Waals surface area (Å²) in [7, 11) is -4.52. The van der Waals surface area contributed by atoms with Gasteiger partial charge in [0.05, 0.1) is 26.4 Å². The van der Waals surface area contributed by atoms with Gasteiger partial charge in [-0.2, -0.15) is 0 Å². The molecular formula is C46H89O9P. The van der Waals surface area contributed by atoms with E-state index >= 15 is 0 Å². The normalized spacial score (nSPS) is 14.2. The fourth-order valence-corrected chi connectivity index (χ4v) is 7.35. The van der Waals surface area contributed by atoms with E-state index in [0.717, 1.165) is 51.4 Å². The summed E-state index contributed by atoms with van der Waals surface area (Å²) >= 11 is 0. The van der Waals surface area contributed by atoms with Crippen molar-refractivity contribution in [3.63, 3.8) is 0 Å². The number of phosphoric ester groups is 1. The molecule has 332 valence electrons. The van der Waals surface area contributed by atoms with Gasteiger partial charge in [-0.3, -0.25) is 13.8 Å². The minimum Gasteiger partial charge on any atom is -0.457 e. The summed E-state index contributed by atoms with van der Waals surface area (Å²) in [6.45, 7) is 3.53. The predicted octanol–water partition coefficient (Wildman–Crippen LogP) is 13.0. The summed E-state index contributed by atoms with van der Waals surface area (Å²) in [4.78, 5) is 22.6. The van der Waals surface area contributed by atoms with Gasteiger partial charge in [0.1, 0.15) is 12.2 Å². The number of carbonyl (C=O) groups excluding carboxylic acids is 1. The lowest BCUT2D eigenvalue weighted by Crippen LogP contribution is -2.29. The van der Waals surface area contributed by atoms with Gasteiger partial charge in [-0.25, -0.2) is 4.57 Å². The van der Waals surface area contributed by atoms with Gasteiger partial charge in [0.25, 0.3) is 0 Å². The zero-order valence-electron chi connectivity index (χ0n) is 36.4. The zero-order chi connectivity index (χ0) is 41.1. The van der Waals surface area contributed by atoms with E-state index in [2.05, 4.69) is 38.2 Å². The Morgan fingerprint density at radius 1 is 0.554 bits per heavy atom. The molecule has 0 rings (SSSR count). The molecular weight excluding hydrogens is 727 g/mol. The van der Waals surface area contributed by atoms with Crippen LogP contribution in [0.1, 0.15) is 219 Å². The van der Waals surface area contributed by atoms with Gasteiger partial charge in [-0.05, 0) is 44.9 Å². The predicted molar refractivity (Wildman–Crippen MR) is 233 cm³/mol. The van der Waals surface area contributed by atoms with Crippen LogP contribution in [0, 0.1) is 0 Å². The smallest absolute Gasteiger partial charge is 0.457 e. The van der Waals surface area contributed by atoms with Crippen LogP contribution in [0.2, 0.25) is 0 Å². The molecule has 0 spiro atoms. The molecule has 3 atom stereocenters. The Hall–Kier alpha value is -1.06. The molecule has 0 bridgehead atoms. The van der Waals surface area contributed by atoms with Crippen molar-refractivity contribution in [2.45, 2.75) is 232 Å². The van der Waals surface area contributed by atoms with Gasteiger partial charge in [0.2, 0.25) is 0 Å². The van der Waals surface area contributed by atoms with Crippen molar-refractivity contribution in [1.82, 2.24) is 0 Å². The number of hydrogen-bond donors (Lipinski definition) is 3. The largest absolute Gasteiger partial charge is 0.472 e. The minimum atomic E-state index is -4.52. The van der Waals surface area contributed by atoms with Crippen molar-refractivity contribution in [3.05, 3.63) is 24.3 Å². The molecule has 10 heteroatoms. The fraction of sp³-hybridized carbons (Fsp3) is 0.891. The van der Waals surface area contributed by atoms with Crippen LogP contribution in [0.5, 0.6) is 0 Å². The molecule has 0 aromatic rings. The first-order valence-electron chi connectivity index (χ1n) is 23.3. The van der Waals surface area contributed by atoms with Crippen LogP contribution in [-0.2, 0) is 27.9 Å². The summed E-state index contributed by atoms with van der Waals surface area (Å²) in [6.07, 6.45) is 45.6. The number of hydrogen-bond acceptors (Lipinski definition) is 8. The summed E-state index contributed by atoms with van der Waals surface area (Å²) < 4.78 is 33.4. The van der Waals surface area contributed by atoms with E-state index in [4.69, 9.17) is 23.6 Å². The lowest BCUT2D eigenvalue weighted by atomic mass is 10.0. The number of phosphoric acid groups is 1. The van der Waals surface area contributed by atoms with Crippen LogP contribution in [0.4, 0.5) is 0 Å². The van der Waals surface area contributed by atoms with Gasteiger partial charge in [-0.1, -0.05) is 192 Å². The van der Waals surface area contributed by atoms with E-state index in [9.17, 15) is 19.4 Å². The van der Waals surface area contributed by atoms with Gasteiger partial charge >= 0.3 is 13.8 Å². The van der Waals surface area contributed by atoms with Gasteiger partial charge in [0.15, 0.2) is 0 Å². The lowest BCUT2D eigenvalue weighted by Gasteiger charge is -2.20. The Kier molecular flexibility index (Phi) is 42.7. The van der Waals surface area contributed by atoms with E-state index in [0.29, 0.717) is 6.61 Å². The second kappa shape index (κ2) is 43.5. The minimum absolute atomic E-state index is 0.0505. The van der Waals surface area contributed by atoms with E-state index in [1.54, 1.807) is 0 Å². The number of aliphatic hydroxyl groups excluding tert-OH is 2. The molecule has 0 fully saturated rings. The Bertz CT molecular complexity index is 928. The highest BCUT2D eigenvalue weighted by atomic mass is 31.2. The summed E-state index contributed by atoms with van der Waals surface area (Å²) in [6, 6.07) is 0. The van der Waals surface area contributed by atoms with Gasteiger partial charge in [0, 0.05) is 13.0 Å². The molecule has 0 aromatic carbocycles. The van der Waals surface area contributed by atoms with Crippen molar-refractivity contribution >= 4 is 13.8 Å². The van der Waals surface area contributed by atoms with E-state index in [1.807, 2.05) is 0 Å². The summed E-state index contributed by atoms with van der Waals surface area (Å²) in [5, 5.41) is 18.4. The quantitative estimate of drug-likeness (QED) is 0.0238. The van der Waals surface area contributed by atoms with Gasteiger partial charge in [-0.15, -0.1) is 0 Å². The topological polar surface area (TPSA) is 132 Å².